The molecule has 1 heterocycles. The Hall–Kier alpha value is -0.520. The molecule has 1 aliphatic carbocycles. The third-order valence-corrected chi connectivity index (χ3v) is 3.60. The van der Waals surface area contributed by atoms with Crippen LogP contribution in [0.15, 0.2) is 16.7 Å². The molecule has 1 atom stereocenters. The number of nitrogens with two attached hydrogens (primary N) is 1. The topological polar surface area (TPSA) is 60.0 Å². The molecular weight excluding hydrogens is 318 g/mol. The van der Waals surface area contributed by atoms with Gasteiger partial charge in [-0.05, 0) is 47.7 Å². The molecule has 1 aliphatic rings. The maximum absolute atomic E-state index is 12.0. The van der Waals surface area contributed by atoms with Crippen molar-refractivity contribution in [2.75, 3.05) is 6.54 Å². The minimum absolute atomic E-state index is 0. The van der Waals surface area contributed by atoms with Crippen LogP contribution in [0.5, 0.6) is 0 Å². The van der Waals surface area contributed by atoms with Crippen LogP contribution in [0.25, 0.3) is 0 Å². The van der Waals surface area contributed by atoms with Gasteiger partial charge in [0.05, 0.1) is 0 Å². The van der Waals surface area contributed by atoms with Crippen LogP contribution >= 0.6 is 28.3 Å². The van der Waals surface area contributed by atoms with E-state index in [2.05, 4.69) is 21.2 Å². The number of nitrogens with one attached hydrogen (secondary N) is 1. The second-order valence-electron chi connectivity index (χ2n) is 4.54. The molecule has 6 heteroatoms. The van der Waals surface area contributed by atoms with Gasteiger partial charge in [0.1, 0.15) is 5.69 Å². The van der Waals surface area contributed by atoms with Gasteiger partial charge < -0.3 is 15.6 Å². The third-order valence-electron chi connectivity index (χ3n) is 3.16. The van der Waals surface area contributed by atoms with E-state index in [1.807, 2.05) is 23.8 Å². The van der Waals surface area contributed by atoms with Crippen LogP contribution in [0.1, 0.15) is 30.3 Å². The van der Waals surface area contributed by atoms with Crippen molar-refractivity contribution in [3.05, 3.63) is 22.4 Å². The van der Waals surface area contributed by atoms with Crippen LogP contribution in [-0.2, 0) is 6.54 Å². The van der Waals surface area contributed by atoms with E-state index in [0.29, 0.717) is 18.2 Å². The minimum atomic E-state index is -0.0475. The van der Waals surface area contributed by atoms with Gasteiger partial charge >= 0.3 is 0 Å². The Morgan fingerprint density at radius 3 is 2.89 bits per heavy atom. The summed E-state index contributed by atoms with van der Waals surface area (Å²) >= 11 is 3.38. The number of rotatable bonds is 5. The molecule has 0 bridgehead atoms. The van der Waals surface area contributed by atoms with Gasteiger partial charge in [-0.1, -0.05) is 0 Å². The van der Waals surface area contributed by atoms with Gasteiger partial charge in [0.25, 0.3) is 5.91 Å². The summed E-state index contributed by atoms with van der Waals surface area (Å²) in [5.74, 6) is 0.564. The molecule has 0 aromatic carbocycles. The molecule has 1 saturated carbocycles. The average Bonchev–Trinajstić information content (AvgIpc) is 3.09. The van der Waals surface area contributed by atoms with E-state index in [9.17, 15) is 4.79 Å². The highest BCUT2D eigenvalue weighted by molar-refractivity contribution is 9.10. The molecule has 1 amide bonds. The first-order valence-electron chi connectivity index (χ1n) is 6.01. The lowest BCUT2D eigenvalue weighted by Gasteiger charge is -2.12. The summed E-state index contributed by atoms with van der Waals surface area (Å²) < 4.78 is 2.85. The number of hydrogen-bond acceptors (Lipinski definition) is 2. The van der Waals surface area contributed by atoms with Crippen molar-refractivity contribution >= 4 is 34.2 Å². The fourth-order valence-electron chi connectivity index (χ4n) is 1.92. The number of carbonyl (C=O) groups excluding carboxylic acids is 1. The summed E-state index contributed by atoms with van der Waals surface area (Å²) in [4.78, 5) is 12.0. The third kappa shape index (κ3) is 3.73. The monoisotopic (exact) mass is 335 g/mol. The zero-order chi connectivity index (χ0) is 12.4. The number of halogens is 2. The van der Waals surface area contributed by atoms with Crippen molar-refractivity contribution in [2.24, 2.45) is 11.7 Å². The highest BCUT2D eigenvalue weighted by Gasteiger charge is 2.28. The Bertz CT molecular complexity index is 417. The zero-order valence-electron chi connectivity index (χ0n) is 10.4. The van der Waals surface area contributed by atoms with E-state index in [1.54, 1.807) is 0 Å². The zero-order valence-corrected chi connectivity index (χ0v) is 12.8. The molecule has 0 saturated heterocycles. The maximum Gasteiger partial charge on any atom is 0.267 e. The van der Waals surface area contributed by atoms with Crippen LogP contribution in [0, 0.1) is 5.92 Å². The number of hydrogen-bond donors (Lipinski definition) is 2. The van der Waals surface area contributed by atoms with Gasteiger partial charge in [0.15, 0.2) is 0 Å². The summed E-state index contributed by atoms with van der Waals surface area (Å²) in [7, 11) is 0. The normalized spacial score (nSPS) is 15.9. The Morgan fingerprint density at radius 2 is 2.33 bits per heavy atom. The van der Waals surface area contributed by atoms with Gasteiger partial charge in [0, 0.05) is 29.8 Å². The first-order chi connectivity index (χ1) is 8.11. The van der Waals surface area contributed by atoms with E-state index in [-0.39, 0.29) is 24.4 Å². The number of amides is 1. The lowest BCUT2D eigenvalue weighted by molar-refractivity contribution is 0.0941. The van der Waals surface area contributed by atoms with E-state index in [4.69, 9.17) is 5.73 Å². The molecule has 1 aromatic heterocycles. The SMILES string of the molecule is CCn1cc(Br)cc1C(=O)NCC(N)C1CC1.Cl. The van der Waals surface area contributed by atoms with Crippen molar-refractivity contribution in [1.29, 1.82) is 0 Å². The molecule has 0 spiro atoms. The predicted octanol–water partition coefficient (Wildman–Crippen LogP) is 2.16. The van der Waals surface area contributed by atoms with E-state index < -0.39 is 0 Å². The smallest absolute Gasteiger partial charge is 0.267 e. The van der Waals surface area contributed by atoms with E-state index in [0.717, 1.165) is 11.0 Å². The van der Waals surface area contributed by atoms with Crippen LogP contribution in [0.3, 0.4) is 0 Å². The molecular formula is C12H19BrClN3O. The van der Waals surface area contributed by atoms with E-state index >= 15 is 0 Å². The largest absolute Gasteiger partial charge is 0.349 e. The first kappa shape index (κ1) is 15.5. The molecule has 0 aliphatic heterocycles. The quantitative estimate of drug-likeness (QED) is 0.865. The van der Waals surface area contributed by atoms with Gasteiger partial charge in [-0.15, -0.1) is 12.4 Å². The fourth-order valence-corrected chi connectivity index (χ4v) is 2.38. The molecule has 1 aromatic rings. The fraction of sp³-hybridized carbons (Fsp3) is 0.583. The maximum atomic E-state index is 12.0. The molecule has 102 valence electrons. The van der Waals surface area contributed by atoms with Crippen molar-refractivity contribution in [3.63, 3.8) is 0 Å². The second-order valence-corrected chi connectivity index (χ2v) is 5.46. The first-order valence-corrected chi connectivity index (χ1v) is 6.80. The van der Waals surface area contributed by atoms with Crippen molar-refractivity contribution in [3.8, 4) is 0 Å². The summed E-state index contributed by atoms with van der Waals surface area (Å²) in [6, 6.07) is 1.94. The van der Waals surface area contributed by atoms with Gasteiger partial charge in [0.2, 0.25) is 0 Å². The molecule has 3 N–H and O–H groups in total. The molecule has 1 fully saturated rings. The summed E-state index contributed by atoms with van der Waals surface area (Å²) in [5, 5.41) is 2.90. The van der Waals surface area contributed by atoms with Crippen molar-refractivity contribution in [1.82, 2.24) is 9.88 Å². The number of carbonyl (C=O) groups is 1. The predicted molar refractivity (Wildman–Crippen MR) is 78.1 cm³/mol. The minimum Gasteiger partial charge on any atom is -0.349 e. The van der Waals surface area contributed by atoms with Gasteiger partial charge in [-0.2, -0.15) is 0 Å². The molecule has 18 heavy (non-hydrogen) atoms. The second kappa shape index (κ2) is 6.59. The van der Waals surface area contributed by atoms with Crippen LogP contribution in [0.4, 0.5) is 0 Å². The Labute approximate surface area is 122 Å². The van der Waals surface area contributed by atoms with E-state index in [1.165, 1.54) is 12.8 Å². The molecule has 4 nitrogen and oxygen atoms in total. The average molecular weight is 337 g/mol. The van der Waals surface area contributed by atoms with Crippen LogP contribution in [0.2, 0.25) is 0 Å². The number of aryl methyl sites for hydroxylation is 1. The Kier molecular flexibility index (Phi) is 5.69. The summed E-state index contributed by atoms with van der Waals surface area (Å²) in [6.07, 6.45) is 4.32. The van der Waals surface area contributed by atoms with Gasteiger partial charge in [-0.25, -0.2) is 0 Å². The number of aromatic nitrogens is 1. The Morgan fingerprint density at radius 1 is 1.67 bits per heavy atom. The van der Waals surface area contributed by atoms with Crippen LogP contribution < -0.4 is 11.1 Å². The standard InChI is InChI=1S/C12H18BrN3O.ClH/c1-2-16-7-9(13)5-11(16)12(17)15-6-10(14)8-3-4-8;/h5,7-8,10H,2-4,6,14H2,1H3,(H,15,17);1H. The van der Waals surface area contributed by atoms with Gasteiger partial charge in [-0.3, -0.25) is 4.79 Å². The van der Waals surface area contributed by atoms with Crippen molar-refractivity contribution < 1.29 is 4.79 Å². The van der Waals surface area contributed by atoms with Crippen molar-refractivity contribution in [2.45, 2.75) is 32.4 Å². The molecule has 1 unspecified atom stereocenters. The molecule has 2 rings (SSSR count). The Balaban J connectivity index is 0.00000162. The highest BCUT2D eigenvalue weighted by atomic mass is 79.9. The lowest BCUT2D eigenvalue weighted by atomic mass is 10.2. The molecule has 0 radical (unpaired) electrons. The van der Waals surface area contributed by atoms with Crippen LogP contribution in [-0.4, -0.2) is 23.1 Å². The summed E-state index contributed by atoms with van der Waals surface area (Å²) in [5.41, 5.74) is 6.63. The summed E-state index contributed by atoms with van der Waals surface area (Å²) in [6.45, 7) is 3.36. The number of nitrogens with zero attached hydrogens (tertiary/aromatic N) is 1. The lowest BCUT2D eigenvalue weighted by Crippen LogP contribution is -2.39. The highest BCUT2D eigenvalue weighted by Crippen LogP contribution is 2.31.